The highest BCUT2D eigenvalue weighted by Crippen LogP contribution is 2.40. The zero-order valence-corrected chi connectivity index (χ0v) is 21.9. The molecule has 1 fully saturated rings. The van der Waals surface area contributed by atoms with Crippen molar-refractivity contribution in [3.05, 3.63) is 108 Å². The molecule has 3 heterocycles. The number of para-hydroxylation sites is 1. The van der Waals surface area contributed by atoms with Crippen LogP contribution in [0.15, 0.2) is 85.1 Å². The van der Waals surface area contributed by atoms with Crippen molar-refractivity contribution in [3.8, 4) is 11.4 Å². The van der Waals surface area contributed by atoms with Crippen LogP contribution in [-0.4, -0.2) is 39.1 Å². The molecule has 0 saturated carbocycles. The van der Waals surface area contributed by atoms with Crippen LogP contribution >= 0.6 is 12.2 Å². The summed E-state index contributed by atoms with van der Waals surface area (Å²) < 4.78 is 21.6. The normalized spacial score (nSPS) is 16.8. The summed E-state index contributed by atoms with van der Waals surface area (Å²) in [5, 5.41) is 6.62. The van der Waals surface area contributed by atoms with E-state index in [1.807, 2.05) is 47.4 Å². The summed E-state index contributed by atoms with van der Waals surface area (Å²) in [5.41, 5.74) is 4.05. The molecule has 38 heavy (non-hydrogen) atoms. The maximum atomic E-state index is 14.1. The van der Waals surface area contributed by atoms with E-state index in [0.29, 0.717) is 11.7 Å². The molecular weight excluding hydrogens is 501 g/mol. The van der Waals surface area contributed by atoms with Crippen molar-refractivity contribution in [2.24, 2.45) is 0 Å². The molecule has 194 valence electrons. The van der Waals surface area contributed by atoms with E-state index < -0.39 is 5.82 Å². The SMILES string of the molecule is COc1ccc(-n2c(C)ccc2C2C(c3ccccn3)NC(=S)N2CCC(=O)Nc2ccccc2F)cc1. The minimum Gasteiger partial charge on any atom is -0.497 e. The zero-order chi connectivity index (χ0) is 26.6. The number of benzene rings is 2. The van der Waals surface area contributed by atoms with E-state index in [9.17, 15) is 9.18 Å². The number of methoxy groups -OCH3 is 1. The lowest BCUT2D eigenvalue weighted by molar-refractivity contribution is -0.116. The molecule has 2 N–H and O–H groups in total. The third-order valence-electron chi connectivity index (χ3n) is 6.67. The van der Waals surface area contributed by atoms with Crippen LogP contribution in [0.3, 0.4) is 0 Å². The predicted molar refractivity (Wildman–Crippen MR) is 149 cm³/mol. The van der Waals surface area contributed by atoms with E-state index in [1.54, 1.807) is 31.5 Å². The number of halogens is 1. The maximum absolute atomic E-state index is 14.1. The van der Waals surface area contributed by atoms with E-state index in [2.05, 4.69) is 39.2 Å². The molecule has 2 aromatic heterocycles. The van der Waals surface area contributed by atoms with Gasteiger partial charge in [-0.05, 0) is 79.8 Å². The van der Waals surface area contributed by atoms with Crippen LogP contribution in [0, 0.1) is 12.7 Å². The Morgan fingerprint density at radius 1 is 1.08 bits per heavy atom. The van der Waals surface area contributed by atoms with Gasteiger partial charge in [0, 0.05) is 36.2 Å². The molecule has 1 amide bonds. The van der Waals surface area contributed by atoms with Crippen LogP contribution in [0.5, 0.6) is 5.75 Å². The maximum Gasteiger partial charge on any atom is 0.226 e. The number of hydrogen-bond donors (Lipinski definition) is 2. The van der Waals surface area contributed by atoms with Gasteiger partial charge in [-0.15, -0.1) is 0 Å². The predicted octanol–water partition coefficient (Wildman–Crippen LogP) is 5.33. The molecular formula is C29H28FN5O2S. The van der Waals surface area contributed by atoms with Gasteiger partial charge in [-0.3, -0.25) is 9.78 Å². The minimum atomic E-state index is -0.472. The first-order valence-electron chi connectivity index (χ1n) is 12.3. The Morgan fingerprint density at radius 2 is 1.84 bits per heavy atom. The van der Waals surface area contributed by atoms with Gasteiger partial charge in [-0.1, -0.05) is 18.2 Å². The summed E-state index contributed by atoms with van der Waals surface area (Å²) in [4.78, 5) is 19.4. The van der Waals surface area contributed by atoms with Gasteiger partial charge < -0.3 is 24.8 Å². The van der Waals surface area contributed by atoms with Crippen LogP contribution in [0.1, 0.15) is 35.6 Å². The quantitative estimate of drug-likeness (QED) is 0.301. The number of aryl methyl sites for hydroxylation is 1. The van der Waals surface area contributed by atoms with Gasteiger partial charge in [0.1, 0.15) is 11.6 Å². The van der Waals surface area contributed by atoms with Gasteiger partial charge in [0.2, 0.25) is 5.91 Å². The van der Waals surface area contributed by atoms with Gasteiger partial charge >= 0.3 is 0 Å². The van der Waals surface area contributed by atoms with Crippen LogP contribution in [-0.2, 0) is 4.79 Å². The molecule has 1 aliphatic heterocycles. The van der Waals surface area contributed by atoms with Crippen molar-refractivity contribution in [1.82, 2.24) is 19.8 Å². The lowest BCUT2D eigenvalue weighted by Crippen LogP contribution is -2.33. The Labute approximate surface area is 226 Å². The van der Waals surface area contributed by atoms with Crippen molar-refractivity contribution < 1.29 is 13.9 Å². The molecule has 9 heteroatoms. The lowest BCUT2D eigenvalue weighted by atomic mass is 10.0. The van der Waals surface area contributed by atoms with E-state index in [-0.39, 0.29) is 30.1 Å². The zero-order valence-electron chi connectivity index (χ0n) is 21.1. The van der Waals surface area contributed by atoms with Gasteiger partial charge in [-0.2, -0.15) is 0 Å². The van der Waals surface area contributed by atoms with Gasteiger partial charge in [0.15, 0.2) is 5.11 Å². The number of nitrogens with zero attached hydrogens (tertiary/aromatic N) is 3. The summed E-state index contributed by atoms with van der Waals surface area (Å²) in [6.45, 7) is 2.39. The van der Waals surface area contributed by atoms with Gasteiger partial charge in [0.05, 0.1) is 30.6 Å². The third-order valence-corrected chi connectivity index (χ3v) is 7.02. The Kier molecular flexibility index (Phi) is 7.37. The van der Waals surface area contributed by atoms with Gasteiger partial charge in [0.25, 0.3) is 0 Å². The molecule has 7 nitrogen and oxygen atoms in total. The van der Waals surface area contributed by atoms with Crippen LogP contribution in [0.25, 0.3) is 5.69 Å². The monoisotopic (exact) mass is 529 g/mol. The Balaban J connectivity index is 1.47. The van der Waals surface area contributed by atoms with Gasteiger partial charge in [-0.25, -0.2) is 4.39 Å². The second kappa shape index (κ2) is 11.0. The molecule has 0 spiro atoms. The lowest BCUT2D eigenvalue weighted by Gasteiger charge is -2.29. The molecule has 5 rings (SSSR count). The number of carbonyl (C=O) groups excluding carboxylic acids is 1. The molecule has 0 radical (unpaired) electrons. The molecule has 2 aromatic carbocycles. The number of nitrogens with one attached hydrogen (secondary N) is 2. The molecule has 2 atom stereocenters. The van der Waals surface area contributed by atoms with Crippen LogP contribution in [0.4, 0.5) is 10.1 Å². The largest absolute Gasteiger partial charge is 0.497 e. The average molecular weight is 530 g/mol. The Hall–Kier alpha value is -4.24. The number of rotatable bonds is 8. The first-order chi connectivity index (χ1) is 18.5. The van der Waals surface area contributed by atoms with E-state index in [1.165, 1.54) is 6.07 Å². The highest BCUT2D eigenvalue weighted by atomic mass is 32.1. The standard InChI is InChI=1S/C29H28FN5O2S/c1-19-10-15-25(35(19)20-11-13-21(37-2)14-12-20)28-27(24-9-5-6-17-31-24)33-29(38)34(28)18-16-26(36)32-23-8-4-3-7-22(23)30/h3-15,17,27-28H,16,18H2,1-2H3,(H,32,36)(H,33,38). The molecule has 1 saturated heterocycles. The number of thiocarbonyl (C=S) groups is 1. The molecule has 2 unspecified atom stereocenters. The summed E-state index contributed by atoms with van der Waals surface area (Å²) in [7, 11) is 1.64. The number of ether oxygens (including phenoxy) is 1. The Bertz CT molecular complexity index is 1440. The summed E-state index contributed by atoms with van der Waals surface area (Å²) >= 11 is 5.77. The number of pyridine rings is 1. The summed E-state index contributed by atoms with van der Waals surface area (Å²) in [6, 6.07) is 23.5. The van der Waals surface area contributed by atoms with Crippen LogP contribution in [0.2, 0.25) is 0 Å². The fourth-order valence-corrected chi connectivity index (χ4v) is 5.17. The smallest absolute Gasteiger partial charge is 0.226 e. The molecule has 4 aromatic rings. The van der Waals surface area contributed by atoms with Crippen LogP contribution < -0.4 is 15.4 Å². The van der Waals surface area contributed by atoms with Crippen molar-refractivity contribution in [2.75, 3.05) is 19.0 Å². The minimum absolute atomic E-state index is 0.129. The number of carbonyl (C=O) groups is 1. The number of amides is 1. The van der Waals surface area contributed by atoms with Crippen molar-refractivity contribution >= 4 is 28.9 Å². The summed E-state index contributed by atoms with van der Waals surface area (Å²) in [6.07, 6.45) is 1.89. The summed E-state index contributed by atoms with van der Waals surface area (Å²) in [5.74, 6) is 0.0115. The molecule has 0 bridgehead atoms. The topological polar surface area (TPSA) is 71.4 Å². The molecule has 0 aliphatic carbocycles. The fourth-order valence-electron chi connectivity index (χ4n) is 4.84. The van der Waals surface area contributed by atoms with E-state index in [0.717, 1.165) is 28.5 Å². The number of aromatic nitrogens is 2. The molecule has 1 aliphatic rings. The highest BCUT2D eigenvalue weighted by Gasteiger charge is 2.41. The first kappa shape index (κ1) is 25.4. The number of hydrogen-bond acceptors (Lipinski definition) is 4. The van der Waals surface area contributed by atoms with Crippen molar-refractivity contribution in [3.63, 3.8) is 0 Å². The Morgan fingerprint density at radius 3 is 2.55 bits per heavy atom. The second-order valence-corrected chi connectivity index (χ2v) is 9.42. The third kappa shape index (κ3) is 5.10. The fraction of sp³-hybridized carbons (Fsp3) is 0.207. The first-order valence-corrected chi connectivity index (χ1v) is 12.7. The van der Waals surface area contributed by atoms with Crippen molar-refractivity contribution in [2.45, 2.75) is 25.4 Å². The van der Waals surface area contributed by atoms with Crippen molar-refractivity contribution in [1.29, 1.82) is 0 Å². The second-order valence-electron chi connectivity index (χ2n) is 9.03. The highest BCUT2D eigenvalue weighted by molar-refractivity contribution is 7.80. The van der Waals surface area contributed by atoms with E-state index in [4.69, 9.17) is 17.0 Å². The number of anilines is 1. The van der Waals surface area contributed by atoms with E-state index >= 15 is 0 Å². The average Bonchev–Trinajstić information content (AvgIpc) is 3.48.